The zero-order valence-corrected chi connectivity index (χ0v) is 12.1. The molecule has 0 aromatic heterocycles. The average molecular weight is 291 g/mol. The standard InChI is InChI=1S/C15H21N3O3/c1-12-3-5-13(6-4-12)14(20)7-10-18-15(21)17-9-2-8-16-11-19/h3-6,11H,2,7-10H2,1H3,(H,16,19)(H2,17,18,21). The monoisotopic (exact) mass is 291 g/mol. The zero-order chi connectivity index (χ0) is 15.5. The van der Waals surface area contributed by atoms with Crippen molar-refractivity contribution in [1.82, 2.24) is 16.0 Å². The summed E-state index contributed by atoms with van der Waals surface area (Å²) in [5.41, 5.74) is 1.76. The van der Waals surface area contributed by atoms with Gasteiger partial charge in [-0.05, 0) is 13.3 Å². The minimum Gasteiger partial charge on any atom is -0.359 e. The van der Waals surface area contributed by atoms with Crippen LogP contribution in [-0.4, -0.2) is 37.9 Å². The summed E-state index contributed by atoms with van der Waals surface area (Å²) in [5.74, 6) is 0.00508. The normalized spacial score (nSPS) is 9.76. The first-order valence-electron chi connectivity index (χ1n) is 6.92. The van der Waals surface area contributed by atoms with Gasteiger partial charge in [0.25, 0.3) is 0 Å². The van der Waals surface area contributed by atoms with Gasteiger partial charge in [-0.15, -0.1) is 0 Å². The molecule has 0 saturated heterocycles. The molecule has 0 atom stereocenters. The Labute approximate surface area is 124 Å². The Balaban J connectivity index is 2.15. The van der Waals surface area contributed by atoms with Gasteiger partial charge in [0, 0.05) is 31.6 Å². The molecule has 1 rings (SSSR count). The number of aryl methyl sites for hydroxylation is 1. The molecule has 3 amide bonds. The fraction of sp³-hybridized carbons (Fsp3) is 0.400. The van der Waals surface area contributed by atoms with Crippen molar-refractivity contribution in [3.05, 3.63) is 35.4 Å². The Morgan fingerprint density at radius 1 is 1.05 bits per heavy atom. The quantitative estimate of drug-likeness (QED) is 0.360. The Kier molecular flexibility index (Phi) is 7.56. The van der Waals surface area contributed by atoms with E-state index in [-0.39, 0.29) is 18.2 Å². The lowest BCUT2D eigenvalue weighted by Crippen LogP contribution is -2.37. The summed E-state index contributed by atoms with van der Waals surface area (Å²) in [6.45, 7) is 3.25. The van der Waals surface area contributed by atoms with Gasteiger partial charge in [0.15, 0.2) is 5.78 Å². The summed E-state index contributed by atoms with van der Waals surface area (Å²) >= 11 is 0. The van der Waals surface area contributed by atoms with Crippen LogP contribution in [0.3, 0.4) is 0 Å². The van der Waals surface area contributed by atoms with Crippen molar-refractivity contribution < 1.29 is 14.4 Å². The van der Waals surface area contributed by atoms with Crippen LogP contribution in [0.4, 0.5) is 4.79 Å². The smallest absolute Gasteiger partial charge is 0.314 e. The topological polar surface area (TPSA) is 87.3 Å². The highest BCUT2D eigenvalue weighted by Crippen LogP contribution is 2.05. The number of amides is 3. The Bertz CT molecular complexity index is 472. The molecule has 0 radical (unpaired) electrons. The third-order valence-electron chi connectivity index (χ3n) is 2.88. The molecule has 0 saturated carbocycles. The highest BCUT2D eigenvalue weighted by molar-refractivity contribution is 5.96. The van der Waals surface area contributed by atoms with Crippen molar-refractivity contribution >= 4 is 18.2 Å². The van der Waals surface area contributed by atoms with Gasteiger partial charge < -0.3 is 16.0 Å². The lowest BCUT2D eigenvalue weighted by Gasteiger charge is -2.07. The number of carbonyl (C=O) groups is 3. The molecular weight excluding hydrogens is 270 g/mol. The number of rotatable bonds is 9. The summed E-state index contributed by atoms with van der Waals surface area (Å²) in [6.07, 6.45) is 1.55. The zero-order valence-electron chi connectivity index (χ0n) is 12.1. The van der Waals surface area contributed by atoms with Crippen molar-refractivity contribution in [1.29, 1.82) is 0 Å². The molecule has 6 heteroatoms. The largest absolute Gasteiger partial charge is 0.359 e. The van der Waals surface area contributed by atoms with Crippen LogP contribution < -0.4 is 16.0 Å². The summed E-state index contributed by atoms with van der Waals surface area (Å²) in [7, 11) is 0. The van der Waals surface area contributed by atoms with E-state index in [1.54, 1.807) is 12.1 Å². The van der Waals surface area contributed by atoms with E-state index < -0.39 is 0 Å². The fourth-order valence-corrected chi connectivity index (χ4v) is 1.69. The molecule has 0 unspecified atom stereocenters. The van der Waals surface area contributed by atoms with Crippen LogP contribution >= 0.6 is 0 Å². The maximum absolute atomic E-state index is 11.9. The van der Waals surface area contributed by atoms with E-state index >= 15 is 0 Å². The summed E-state index contributed by atoms with van der Waals surface area (Å²) in [5, 5.41) is 7.78. The van der Waals surface area contributed by atoms with E-state index in [4.69, 9.17) is 0 Å². The lowest BCUT2D eigenvalue weighted by atomic mass is 10.1. The number of Topliss-reactive ketones (excluding diaryl/α,β-unsaturated/α-hetero) is 1. The first kappa shape index (κ1) is 16.7. The van der Waals surface area contributed by atoms with Gasteiger partial charge >= 0.3 is 6.03 Å². The third-order valence-corrected chi connectivity index (χ3v) is 2.88. The second-order valence-corrected chi connectivity index (χ2v) is 4.65. The molecule has 21 heavy (non-hydrogen) atoms. The second-order valence-electron chi connectivity index (χ2n) is 4.65. The summed E-state index contributed by atoms with van der Waals surface area (Å²) < 4.78 is 0. The van der Waals surface area contributed by atoms with Crippen LogP contribution in [-0.2, 0) is 4.79 Å². The first-order valence-corrected chi connectivity index (χ1v) is 6.92. The van der Waals surface area contributed by atoms with Crippen LogP contribution in [0.15, 0.2) is 24.3 Å². The van der Waals surface area contributed by atoms with E-state index in [2.05, 4.69) is 16.0 Å². The number of hydrogen-bond acceptors (Lipinski definition) is 3. The van der Waals surface area contributed by atoms with E-state index in [0.29, 0.717) is 38.0 Å². The number of ketones is 1. The van der Waals surface area contributed by atoms with E-state index in [1.165, 1.54) is 0 Å². The molecule has 0 spiro atoms. The van der Waals surface area contributed by atoms with Crippen molar-refractivity contribution in [2.75, 3.05) is 19.6 Å². The summed E-state index contributed by atoms with van der Waals surface area (Å²) in [6, 6.07) is 7.05. The average Bonchev–Trinajstić information content (AvgIpc) is 2.47. The van der Waals surface area contributed by atoms with Gasteiger partial charge in [0.1, 0.15) is 0 Å². The van der Waals surface area contributed by atoms with Crippen LogP contribution in [0.5, 0.6) is 0 Å². The minimum atomic E-state index is -0.308. The molecule has 1 aromatic rings. The lowest BCUT2D eigenvalue weighted by molar-refractivity contribution is -0.109. The van der Waals surface area contributed by atoms with Crippen molar-refractivity contribution in [3.63, 3.8) is 0 Å². The maximum Gasteiger partial charge on any atom is 0.314 e. The number of hydrogen-bond donors (Lipinski definition) is 3. The van der Waals surface area contributed by atoms with Gasteiger partial charge in [-0.1, -0.05) is 29.8 Å². The van der Waals surface area contributed by atoms with Gasteiger partial charge in [-0.3, -0.25) is 9.59 Å². The van der Waals surface area contributed by atoms with E-state index in [0.717, 1.165) is 5.56 Å². The highest BCUT2D eigenvalue weighted by atomic mass is 16.2. The van der Waals surface area contributed by atoms with E-state index in [1.807, 2.05) is 19.1 Å². The van der Waals surface area contributed by atoms with Crippen molar-refractivity contribution in [2.45, 2.75) is 19.8 Å². The van der Waals surface area contributed by atoms with Crippen molar-refractivity contribution in [3.8, 4) is 0 Å². The molecule has 3 N–H and O–H groups in total. The van der Waals surface area contributed by atoms with Gasteiger partial charge in [0.2, 0.25) is 6.41 Å². The van der Waals surface area contributed by atoms with Crippen LogP contribution in [0.2, 0.25) is 0 Å². The molecule has 114 valence electrons. The minimum absolute atomic E-state index is 0.00508. The number of carbonyl (C=O) groups excluding carboxylic acids is 3. The van der Waals surface area contributed by atoms with Crippen LogP contribution in [0, 0.1) is 6.92 Å². The van der Waals surface area contributed by atoms with Crippen molar-refractivity contribution in [2.24, 2.45) is 0 Å². The molecular formula is C15H21N3O3. The number of urea groups is 1. The van der Waals surface area contributed by atoms with Gasteiger partial charge in [-0.2, -0.15) is 0 Å². The Morgan fingerprint density at radius 2 is 1.71 bits per heavy atom. The molecule has 0 fully saturated rings. The predicted octanol–water partition coefficient (Wildman–Crippen LogP) is 1.00. The maximum atomic E-state index is 11.9. The van der Waals surface area contributed by atoms with Gasteiger partial charge in [0.05, 0.1) is 0 Å². The molecule has 0 heterocycles. The summed E-state index contributed by atoms with van der Waals surface area (Å²) in [4.78, 5) is 33.3. The molecule has 0 bridgehead atoms. The molecule has 6 nitrogen and oxygen atoms in total. The number of nitrogens with one attached hydrogen (secondary N) is 3. The second kappa shape index (κ2) is 9.52. The Morgan fingerprint density at radius 3 is 2.38 bits per heavy atom. The van der Waals surface area contributed by atoms with Crippen LogP contribution in [0.1, 0.15) is 28.8 Å². The third kappa shape index (κ3) is 7.10. The van der Waals surface area contributed by atoms with E-state index in [9.17, 15) is 14.4 Å². The first-order chi connectivity index (χ1) is 10.1. The molecule has 0 aliphatic heterocycles. The predicted molar refractivity (Wildman–Crippen MR) is 80.2 cm³/mol. The molecule has 0 aliphatic rings. The van der Waals surface area contributed by atoms with Gasteiger partial charge in [-0.25, -0.2) is 4.79 Å². The Hall–Kier alpha value is -2.37. The molecule has 0 aliphatic carbocycles. The highest BCUT2D eigenvalue weighted by Gasteiger charge is 2.06. The number of benzene rings is 1. The van der Waals surface area contributed by atoms with Crippen LogP contribution in [0.25, 0.3) is 0 Å². The molecule has 1 aromatic carbocycles. The SMILES string of the molecule is Cc1ccc(C(=O)CCNC(=O)NCCCNC=O)cc1. The fourth-order valence-electron chi connectivity index (χ4n) is 1.69.